The molecular formula is C36H51N3O2. The van der Waals surface area contributed by atoms with Gasteiger partial charge < -0.3 is 20.9 Å². The Bertz CT molecular complexity index is 1300. The van der Waals surface area contributed by atoms with E-state index < -0.39 is 0 Å². The number of aromatic nitrogens is 2. The lowest BCUT2D eigenvalue weighted by Gasteiger charge is -2.15. The second-order valence-electron chi connectivity index (χ2n) is 11.7. The van der Waals surface area contributed by atoms with Crippen molar-refractivity contribution in [2.45, 2.75) is 116 Å². The van der Waals surface area contributed by atoms with E-state index in [9.17, 15) is 10.2 Å². The van der Waals surface area contributed by atoms with Crippen LogP contribution in [0.1, 0.15) is 115 Å². The van der Waals surface area contributed by atoms with Crippen LogP contribution in [0, 0.1) is 0 Å². The minimum atomic E-state index is 0.00471. The number of nitrogens with two attached hydrogens (primary N) is 1. The zero-order valence-electron chi connectivity index (χ0n) is 25.1. The van der Waals surface area contributed by atoms with Crippen LogP contribution in [-0.2, 0) is 6.42 Å². The predicted octanol–water partition coefficient (Wildman–Crippen LogP) is 10.4. The number of nitrogens with zero attached hydrogens (tertiary/aromatic N) is 1. The third kappa shape index (κ3) is 8.34. The quantitative estimate of drug-likeness (QED) is 0.0865. The SMILES string of the molecule is CCCCCCCCCCCCCCCCCCc1ccc2[nH]c(-c3ccccc3)c(N)c2c1-n1c(O)ccc1O. The molecular weight excluding hydrogens is 506 g/mol. The van der Waals surface area contributed by atoms with Gasteiger partial charge in [0.1, 0.15) is 0 Å². The Balaban J connectivity index is 1.27. The summed E-state index contributed by atoms with van der Waals surface area (Å²) in [5.74, 6) is 0.00942. The van der Waals surface area contributed by atoms with Gasteiger partial charge in [-0.25, -0.2) is 0 Å². The van der Waals surface area contributed by atoms with Crippen LogP contribution in [0.25, 0.3) is 27.8 Å². The van der Waals surface area contributed by atoms with Crippen LogP contribution in [0.3, 0.4) is 0 Å². The Hall–Kier alpha value is -3.34. The minimum absolute atomic E-state index is 0.00471. The standard InChI is InChI=1S/C36H51N3O2/c1-2-3-4-5-6-7-8-9-10-11-12-13-14-15-16-18-23-29-24-25-30-33(36(29)39-31(40)26-27-32(39)41)34(37)35(38-30)28-21-19-17-20-22-28/h17,19-22,24-27,38,40-41H,2-16,18,23,37H2,1H3. The third-order valence-corrected chi connectivity index (χ3v) is 8.49. The number of aryl methyl sites for hydroxylation is 1. The summed E-state index contributed by atoms with van der Waals surface area (Å²) in [5, 5.41) is 22.1. The van der Waals surface area contributed by atoms with E-state index in [2.05, 4.69) is 24.0 Å². The lowest BCUT2D eigenvalue weighted by molar-refractivity contribution is 0.402. The fraction of sp³-hybridized carbons (Fsp3) is 0.500. The summed E-state index contributed by atoms with van der Waals surface area (Å²) < 4.78 is 1.52. The first-order valence-electron chi connectivity index (χ1n) is 16.2. The van der Waals surface area contributed by atoms with Crippen molar-refractivity contribution in [2.24, 2.45) is 0 Å². The lowest BCUT2D eigenvalue weighted by atomic mass is 9.99. The van der Waals surface area contributed by atoms with Crippen LogP contribution in [0.4, 0.5) is 5.69 Å². The van der Waals surface area contributed by atoms with Crippen molar-refractivity contribution in [2.75, 3.05) is 5.73 Å². The van der Waals surface area contributed by atoms with Gasteiger partial charge >= 0.3 is 0 Å². The Kier molecular flexibility index (Phi) is 12.1. The average molecular weight is 558 g/mol. The molecule has 4 aromatic rings. The summed E-state index contributed by atoms with van der Waals surface area (Å²) in [7, 11) is 0. The molecule has 0 aliphatic heterocycles. The van der Waals surface area contributed by atoms with E-state index in [-0.39, 0.29) is 11.8 Å². The highest BCUT2D eigenvalue weighted by Crippen LogP contribution is 2.41. The number of H-pyrrole nitrogens is 1. The van der Waals surface area contributed by atoms with Gasteiger partial charge in [0, 0.05) is 23.1 Å². The molecule has 0 saturated carbocycles. The third-order valence-electron chi connectivity index (χ3n) is 8.49. The Labute approximate surface area is 246 Å². The van der Waals surface area contributed by atoms with Crippen LogP contribution in [0.2, 0.25) is 0 Å². The fourth-order valence-electron chi connectivity index (χ4n) is 6.14. The van der Waals surface area contributed by atoms with Gasteiger partial charge in [-0.05, 0) is 24.5 Å². The Morgan fingerprint density at radius 3 is 1.68 bits per heavy atom. The number of unbranched alkanes of at least 4 members (excludes halogenated alkanes) is 15. The lowest BCUT2D eigenvalue weighted by Crippen LogP contribution is -2.02. The molecule has 0 aliphatic rings. The minimum Gasteiger partial charge on any atom is -0.494 e. The molecule has 4 rings (SSSR count). The van der Waals surface area contributed by atoms with Crippen molar-refractivity contribution in [1.82, 2.24) is 9.55 Å². The number of anilines is 1. The fourth-order valence-corrected chi connectivity index (χ4v) is 6.14. The van der Waals surface area contributed by atoms with Crippen molar-refractivity contribution in [3.8, 4) is 28.7 Å². The molecule has 0 aliphatic carbocycles. The molecule has 0 fully saturated rings. The molecule has 0 radical (unpaired) electrons. The maximum atomic E-state index is 10.6. The highest BCUT2D eigenvalue weighted by molar-refractivity contribution is 6.05. The summed E-state index contributed by atoms with van der Waals surface area (Å²) in [4.78, 5) is 3.47. The summed E-state index contributed by atoms with van der Waals surface area (Å²) in [5.41, 5.74) is 11.9. The molecule has 0 unspecified atom stereocenters. The maximum absolute atomic E-state index is 10.6. The number of hydrogen-bond donors (Lipinski definition) is 4. The second kappa shape index (κ2) is 16.2. The topological polar surface area (TPSA) is 87.2 Å². The van der Waals surface area contributed by atoms with Crippen LogP contribution in [0.15, 0.2) is 54.6 Å². The van der Waals surface area contributed by atoms with E-state index in [0.717, 1.165) is 46.3 Å². The molecule has 0 bridgehead atoms. The number of nitrogens with one attached hydrogen (secondary N) is 1. The van der Waals surface area contributed by atoms with Gasteiger partial charge in [0.05, 0.1) is 22.6 Å². The van der Waals surface area contributed by atoms with E-state index in [4.69, 9.17) is 5.73 Å². The number of hydrogen-bond acceptors (Lipinski definition) is 3. The Morgan fingerprint density at radius 1 is 0.634 bits per heavy atom. The van der Waals surface area contributed by atoms with Crippen LogP contribution in [-0.4, -0.2) is 19.8 Å². The van der Waals surface area contributed by atoms with Crippen molar-refractivity contribution in [3.63, 3.8) is 0 Å². The molecule has 41 heavy (non-hydrogen) atoms. The van der Waals surface area contributed by atoms with Crippen LogP contribution < -0.4 is 5.73 Å². The van der Waals surface area contributed by atoms with Crippen molar-refractivity contribution in [3.05, 3.63) is 60.2 Å². The number of aromatic amines is 1. The zero-order valence-corrected chi connectivity index (χ0v) is 25.1. The molecule has 0 saturated heterocycles. The van der Waals surface area contributed by atoms with Gasteiger partial charge in [0.15, 0.2) is 11.8 Å². The van der Waals surface area contributed by atoms with Crippen molar-refractivity contribution >= 4 is 16.6 Å². The van der Waals surface area contributed by atoms with Crippen molar-refractivity contribution in [1.29, 1.82) is 0 Å². The smallest absolute Gasteiger partial charge is 0.198 e. The molecule has 0 spiro atoms. The van der Waals surface area contributed by atoms with Crippen molar-refractivity contribution < 1.29 is 10.2 Å². The van der Waals surface area contributed by atoms with Gasteiger partial charge in [0.2, 0.25) is 0 Å². The number of rotatable bonds is 19. The second-order valence-corrected chi connectivity index (χ2v) is 11.7. The zero-order chi connectivity index (χ0) is 28.9. The number of aromatic hydroxyl groups is 2. The molecule has 0 atom stereocenters. The number of benzene rings is 2. The predicted molar refractivity (Wildman–Crippen MR) is 174 cm³/mol. The van der Waals surface area contributed by atoms with E-state index in [0.29, 0.717) is 5.69 Å². The van der Waals surface area contributed by atoms with Gasteiger partial charge in [-0.2, -0.15) is 0 Å². The first-order chi connectivity index (χ1) is 20.1. The van der Waals surface area contributed by atoms with E-state index >= 15 is 0 Å². The maximum Gasteiger partial charge on any atom is 0.198 e. The highest BCUT2D eigenvalue weighted by Gasteiger charge is 2.21. The molecule has 0 amide bonds. The number of nitrogen functional groups attached to an aromatic ring is 1. The van der Waals surface area contributed by atoms with Gasteiger partial charge in [-0.3, -0.25) is 4.57 Å². The van der Waals surface area contributed by atoms with Crippen LogP contribution >= 0.6 is 0 Å². The molecule has 5 N–H and O–H groups in total. The summed E-state index contributed by atoms with van der Waals surface area (Å²) in [6.07, 6.45) is 22.4. The van der Waals surface area contributed by atoms with Gasteiger partial charge in [-0.1, -0.05) is 140 Å². The number of fused-ring (bicyclic) bond motifs is 1. The molecule has 2 heterocycles. The van der Waals surface area contributed by atoms with Gasteiger partial charge in [-0.15, -0.1) is 0 Å². The summed E-state index contributed by atoms with van der Waals surface area (Å²) in [6, 6.07) is 17.3. The van der Waals surface area contributed by atoms with Crippen LogP contribution in [0.5, 0.6) is 11.8 Å². The largest absolute Gasteiger partial charge is 0.494 e. The monoisotopic (exact) mass is 557 g/mol. The molecule has 5 heteroatoms. The average Bonchev–Trinajstić information content (AvgIpc) is 3.50. The summed E-state index contributed by atoms with van der Waals surface area (Å²) >= 11 is 0. The molecule has 2 aromatic carbocycles. The Morgan fingerprint density at radius 2 is 1.15 bits per heavy atom. The molecule has 5 nitrogen and oxygen atoms in total. The van der Waals surface area contributed by atoms with E-state index in [1.165, 1.54) is 113 Å². The molecule has 222 valence electrons. The van der Waals surface area contributed by atoms with E-state index in [1.54, 1.807) is 0 Å². The van der Waals surface area contributed by atoms with E-state index in [1.807, 2.05) is 30.3 Å². The first-order valence-corrected chi connectivity index (χ1v) is 16.2. The normalized spacial score (nSPS) is 11.5. The van der Waals surface area contributed by atoms with Gasteiger partial charge in [0.25, 0.3) is 0 Å². The first kappa shape index (κ1) is 30.6. The summed E-state index contributed by atoms with van der Waals surface area (Å²) in [6.45, 7) is 2.28. The molecule has 2 aromatic heterocycles. The highest BCUT2D eigenvalue weighted by atomic mass is 16.3.